The van der Waals surface area contributed by atoms with E-state index in [4.69, 9.17) is 10.5 Å². The second-order valence-electron chi connectivity index (χ2n) is 10.8. The van der Waals surface area contributed by atoms with Gasteiger partial charge in [-0.3, -0.25) is 14.4 Å². The molecule has 9 nitrogen and oxygen atoms in total. The zero-order valence-corrected chi connectivity index (χ0v) is 22.8. The molecule has 3 amide bonds. The molecule has 39 heavy (non-hydrogen) atoms. The topological polar surface area (TPSA) is 117 Å². The van der Waals surface area contributed by atoms with Gasteiger partial charge in [0.1, 0.15) is 11.5 Å². The Morgan fingerprint density at radius 1 is 1.13 bits per heavy atom. The van der Waals surface area contributed by atoms with Crippen molar-refractivity contribution in [1.29, 1.82) is 0 Å². The maximum Gasteiger partial charge on any atom is 0.256 e. The van der Waals surface area contributed by atoms with Gasteiger partial charge in [0.25, 0.3) is 5.91 Å². The third kappa shape index (κ3) is 6.99. The molecule has 2 heterocycles. The average molecular weight is 532 g/mol. The minimum atomic E-state index is -0.938. The Kier molecular flexibility index (Phi) is 8.62. The highest BCUT2D eigenvalue weighted by Gasteiger charge is 2.53. The lowest BCUT2D eigenvalue weighted by Crippen LogP contribution is -2.59. The summed E-state index contributed by atoms with van der Waals surface area (Å²) in [6, 6.07) is 18.4. The molecular weight excluding hydrogens is 494 g/mol. The van der Waals surface area contributed by atoms with Crippen LogP contribution >= 0.6 is 0 Å². The molecule has 0 bridgehead atoms. The second kappa shape index (κ2) is 11.9. The number of rotatable bonds is 10. The third-order valence-corrected chi connectivity index (χ3v) is 6.94. The van der Waals surface area contributed by atoms with E-state index in [-0.39, 0.29) is 25.0 Å². The maximum atomic E-state index is 13.9. The highest BCUT2D eigenvalue weighted by molar-refractivity contribution is 6.13. The van der Waals surface area contributed by atoms with Crippen molar-refractivity contribution in [2.24, 2.45) is 16.3 Å². The van der Waals surface area contributed by atoms with E-state index in [1.54, 1.807) is 31.9 Å². The Labute approximate surface area is 229 Å². The number of nitrogens with one attached hydrogen (secondary N) is 1. The lowest BCUT2D eigenvalue weighted by Gasteiger charge is -2.40. The highest BCUT2D eigenvalue weighted by atomic mass is 16.5. The summed E-state index contributed by atoms with van der Waals surface area (Å²) in [4.78, 5) is 41.7. The van der Waals surface area contributed by atoms with Crippen LogP contribution < -0.4 is 11.1 Å². The molecule has 2 atom stereocenters. The summed E-state index contributed by atoms with van der Waals surface area (Å²) in [7, 11) is 1.65. The molecule has 0 aromatic heterocycles. The van der Waals surface area contributed by atoms with Crippen molar-refractivity contribution >= 4 is 23.4 Å². The number of piperidine rings is 1. The number of nitrogens with two attached hydrogens (primary N) is 1. The van der Waals surface area contributed by atoms with Crippen molar-refractivity contribution in [2.75, 3.05) is 26.7 Å². The van der Waals surface area contributed by atoms with Gasteiger partial charge in [0.05, 0.1) is 18.9 Å². The van der Waals surface area contributed by atoms with Gasteiger partial charge >= 0.3 is 0 Å². The Balaban J connectivity index is 1.53. The van der Waals surface area contributed by atoms with Crippen LogP contribution in [0, 0.1) is 5.41 Å². The van der Waals surface area contributed by atoms with Crippen molar-refractivity contribution in [2.45, 2.75) is 44.9 Å². The maximum absolute atomic E-state index is 13.9. The molecule has 0 radical (unpaired) electrons. The van der Waals surface area contributed by atoms with Gasteiger partial charge in [0.15, 0.2) is 0 Å². The first-order chi connectivity index (χ1) is 18.6. The molecular formula is C30H37N5O4. The van der Waals surface area contributed by atoms with Crippen LogP contribution in [0.3, 0.4) is 0 Å². The number of likely N-dealkylation sites (tertiary alicyclic amines) is 1. The molecule has 9 heteroatoms. The number of fused-ring (bicyclic) bond motifs is 1. The predicted octanol–water partition coefficient (Wildman–Crippen LogP) is 2.27. The van der Waals surface area contributed by atoms with Gasteiger partial charge < -0.3 is 20.7 Å². The molecule has 0 saturated carbocycles. The number of hydrogen-bond acceptors (Lipinski definition) is 6. The molecule has 206 valence electrons. The summed E-state index contributed by atoms with van der Waals surface area (Å²) in [6.45, 7) is 4.40. The van der Waals surface area contributed by atoms with E-state index in [1.807, 2.05) is 60.7 Å². The van der Waals surface area contributed by atoms with Crippen LogP contribution in [0.15, 0.2) is 77.9 Å². The molecule has 2 aromatic rings. The summed E-state index contributed by atoms with van der Waals surface area (Å²) < 4.78 is 5.88. The van der Waals surface area contributed by atoms with Crippen LogP contribution in [0.2, 0.25) is 0 Å². The SMILES string of the molecule is CN1N=C2CCN(C(=O)C(COCc3ccccc3)NC(=O)/C=C/C(C)(C)N)CC2(Cc2ccccc2)C1=O. The molecule has 1 saturated heterocycles. The predicted molar refractivity (Wildman–Crippen MR) is 149 cm³/mol. The number of hydrogen-bond donors (Lipinski definition) is 2. The van der Waals surface area contributed by atoms with Gasteiger partial charge in [0, 0.05) is 38.2 Å². The third-order valence-electron chi connectivity index (χ3n) is 6.94. The Morgan fingerprint density at radius 3 is 2.41 bits per heavy atom. The van der Waals surface area contributed by atoms with Gasteiger partial charge in [-0.05, 0) is 31.4 Å². The molecule has 0 aliphatic carbocycles. The van der Waals surface area contributed by atoms with Crippen LogP contribution in [0.4, 0.5) is 0 Å². The largest absolute Gasteiger partial charge is 0.374 e. The first-order valence-corrected chi connectivity index (χ1v) is 13.2. The first-order valence-electron chi connectivity index (χ1n) is 13.2. The van der Waals surface area contributed by atoms with E-state index in [0.29, 0.717) is 26.0 Å². The zero-order chi connectivity index (χ0) is 28.0. The second-order valence-corrected chi connectivity index (χ2v) is 10.8. The molecule has 2 aromatic carbocycles. The fourth-order valence-electron chi connectivity index (χ4n) is 4.99. The molecule has 3 N–H and O–H groups in total. The van der Waals surface area contributed by atoms with Crippen LogP contribution in [-0.2, 0) is 32.1 Å². The van der Waals surface area contributed by atoms with Gasteiger partial charge in [-0.15, -0.1) is 0 Å². The molecule has 2 aliphatic rings. The summed E-state index contributed by atoms with van der Waals surface area (Å²) in [6.07, 6.45) is 3.84. The van der Waals surface area contributed by atoms with E-state index in [1.165, 1.54) is 11.1 Å². The summed E-state index contributed by atoms with van der Waals surface area (Å²) >= 11 is 0. The first kappa shape index (κ1) is 28.2. The van der Waals surface area contributed by atoms with Crippen LogP contribution in [0.1, 0.15) is 31.4 Å². The van der Waals surface area contributed by atoms with Crippen LogP contribution in [0.5, 0.6) is 0 Å². The standard InChI is InChI=1S/C30H37N5O4/c1-29(2,31)16-14-26(36)32-24(20-39-19-23-12-8-5-9-13-23)27(37)35-17-15-25-30(21-35,28(38)34(3)33-25)18-22-10-6-4-7-11-22/h4-14,16,24H,15,17-21,31H2,1-3H3,(H,32,36)/b16-14+. The quantitative estimate of drug-likeness (QED) is 0.456. The van der Waals surface area contributed by atoms with Crippen molar-refractivity contribution in [3.8, 4) is 0 Å². The van der Waals surface area contributed by atoms with E-state index in [9.17, 15) is 14.4 Å². The van der Waals surface area contributed by atoms with Gasteiger partial charge in [-0.25, -0.2) is 5.01 Å². The molecule has 2 unspecified atom stereocenters. The molecule has 2 aliphatic heterocycles. The smallest absolute Gasteiger partial charge is 0.256 e. The van der Waals surface area contributed by atoms with Crippen molar-refractivity contribution in [3.63, 3.8) is 0 Å². The minimum absolute atomic E-state index is 0.0176. The number of nitrogens with zero attached hydrogens (tertiary/aromatic N) is 3. The van der Waals surface area contributed by atoms with Gasteiger partial charge in [0.2, 0.25) is 11.8 Å². The Morgan fingerprint density at radius 2 is 1.77 bits per heavy atom. The van der Waals surface area contributed by atoms with E-state index in [2.05, 4.69) is 10.4 Å². The van der Waals surface area contributed by atoms with Crippen LogP contribution in [-0.4, -0.2) is 71.7 Å². The van der Waals surface area contributed by atoms with E-state index >= 15 is 0 Å². The number of hydrazone groups is 1. The fourth-order valence-corrected chi connectivity index (χ4v) is 4.99. The van der Waals surface area contributed by atoms with E-state index < -0.39 is 22.9 Å². The van der Waals surface area contributed by atoms with E-state index in [0.717, 1.165) is 16.8 Å². The molecule has 0 spiro atoms. The summed E-state index contributed by atoms with van der Waals surface area (Å²) in [5, 5.41) is 8.70. The van der Waals surface area contributed by atoms with Crippen molar-refractivity contribution < 1.29 is 19.1 Å². The minimum Gasteiger partial charge on any atom is -0.374 e. The zero-order valence-electron chi connectivity index (χ0n) is 22.8. The lowest BCUT2D eigenvalue weighted by atomic mass is 9.73. The lowest BCUT2D eigenvalue weighted by molar-refractivity contribution is -0.142. The molecule has 4 rings (SSSR count). The van der Waals surface area contributed by atoms with Crippen molar-refractivity contribution in [1.82, 2.24) is 15.2 Å². The average Bonchev–Trinajstić information content (AvgIpc) is 3.16. The fraction of sp³-hybridized carbons (Fsp3) is 0.400. The highest BCUT2D eigenvalue weighted by Crippen LogP contribution is 2.38. The van der Waals surface area contributed by atoms with Crippen LogP contribution in [0.25, 0.3) is 0 Å². The van der Waals surface area contributed by atoms with Crippen molar-refractivity contribution in [3.05, 3.63) is 83.9 Å². The van der Waals surface area contributed by atoms with Gasteiger partial charge in [-0.1, -0.05) is 66.7 Å². The monoisotopic (exact) mass is 531 g/mol. The normalized spacial score (nSPS) is 20.1. The molecule has 1 fully saturated rings. The Bertz CT molecular complexity index is 1240. The number of amides is 3. The summed E-state index contributed by atoms with van der Waals surface area (Å²) in [5.41, 5.74) is 7.10. The number of benzene rings is 2. The number of ether oxygens (including phenoxy) is 1. The number of carbonyl (C=O) groups is 3. The number of carbonyl (C=O) groups excluding carboxylic acids is 3. The summed E-state index contributed by atoms with van der Waals surface area (Å²) in [5.74, 6) is -0.872. The Hall–Kier alpha value is -3.82. The van der Waals surface area contributed by atoms with Gasteiger partial charge in [-0.2, -0.15) is 5.10 Å².